The van der Waals surface area contributed by atoms with Crippen molar-refractivity contribution in [1.29, 1.82) is 0 Å². The average Bonchev–Trinajstić information content (AvgIpc) is 2.93. The standard InChI is InChI=1S/C22H32N2O.C10H12O/c1-5-23(6-2)16-15-19-11-13-20(14-12-19)18-24(7-3)21-9-8-10-22(17-21)25-4;11-10-6-5-8-3-1-2-4-9(8)7-10/h8-14,17H,5-7,15-16,18H2,1-4H3;5-7,11H,1-4H2. The number of anilines is 1. The molecule has 1 aliphatic rings. The zero-order valence-corrected chi connectivity index (χ0v) is 22.7. The van der Waals surface area contributed by atoms with Crippen LogP contribution in [0, 0.1) is 0 Å². The third-order valence-electron chi connectivity index (χ3n) is 7.14. The Morgan fingerprint density at radius 1 is 0.778 bits per heavy atom. The maximum atomic E-state index is 9.19. The summed E-state index contributed by atoms with van der Waals surface area (Å²) in [5.74, 6) is 1.31. The fourth-order valence-corrected chi connectivity index (χ4v) is 4.77. The largest absolute Gasteiger partial charge is 0.508 e. The van der Waals surface area contributed by atoms with Crippen LogP contribution in [0.1, 0.15) is 55.9 Å². The molecule has 0 aliphatic heterocycles. The number of aryl methyl sites for hydroxylation is 2. The van der Waals surface area contributed by atoms with Gasteiger partial charge in [-0.2, -0.15) is 0 Å². The van der Waals surface area contributed by atoms with Gasteiger partial charge in [0.25, 0.3) is 0 Å². The highest BCUT2D eigenvalue weighted by Crippen LogP contribution is 2.24. The van der Waals surface area contributed by atoms with E-state index < -0.39 is 0 Å². The number of nitrogens with zero attached hydrogens (tertiary/aromatic N) is 2. The van der Waals surface area contributed by atoms with Crippen molar-refractivity contribution in [3.05, 3.63) is 89.0 Å². The van der Waals surface area contributed by atoms with E-state index >= 15 is 0 Å². The molecule has 0 saturated carbocycles. The number of fused-ring (bicyclic) bond motifs is 1. The maximum absolute atomic E-state index is 9.19. The highest BCUT2D eigenvalue weighted by atomic mass is 16.5. The van der Waals surface area contributed by atoms with Gasteiger partial charge in [0.1, 0.15) is 11.5 Å². The first-order valence-corrected chi connectivity index (χ1v) is 13.6. The molecule has 0 heterocycles. The number of likely N-dealkylation sites (N-methyl/N-ethyl adjacent to an activating group) is 1. The summed E-state index contributed by atoms with van der Waals surface area (Å²) in [6.45, 7) is 11.9. The minimum absolute atomic E-state index is 0.408. The molecular formula is C32H44N2O2. The first-order valence-electron chi connectivity index (χ1n) is 13.6. The van der Waals surface area contributed by atoms with Crippen LogP contribution in [0.25, 0.3) is 0 Å². The van der Waals surface area contributed by atoms with Crippen LogP contribution >= 0.6 is 0 Å². The molecule has 1 N–H and O–H groups in total. The summed E-state index contributed by atoms with van der Waals surface area (Å²) >= 11 is 0. The Bertz CT molecular complexity index is 1040. The molecule has 0 fully saturated rings. The molecule has 3 aromatic carbocycles. The lowest BCUT2D eigenvalue weighted by atomic mass is 9.92. The predicted octanol–water partition coefficient (Wildman–Crippen LogP) is 6.88. The van der Waals surface area contributed by atoms with Crippen molar-refractivity contribution >= 4 is 5.69 Å². The number of benzene rings is 3. The van der Waals surface area contributed by atoms with Gasteiger partial charge >= 0.3 is 0 Å². The molecule has 0 radical (unpaired) electrons. The van der Waals surface area contributed by atoms with Crippen LogP contribution < -0.4 is 9.64 Å². The van der Waals surface area contributed by atoms with Crippen molar-refractivity contribution in [3.63, 3.8) is 0 Å². The maximum Gasteiger partial charge on any atom is 0.120 e. The number of hydrogen-bond acceptors (Lipinski definition) is 4. The summed E-state index contributed by atoms with van der Waals surface area (Å²) in [5, 5.41) is 9.19. The van der Waals surface area contributed by atoms with Gasteiger partial charge in [-0.1, -0.05) is 50.2 Å². The zero-order valence-electron chi connectivity index (χ0n) is 22.7. The third-order valence-corrected chi connectivity index (χ3v) is 7.14. The minimum atomic E-state index is 0.408. The van der Waals surface area contributed by atoms with E-state index in [9.17, 15) is 5.11 Å². The predicted molar refractivity (Wildman–Crippen MR) is 152 cm³/mol. The van der Waals surface area contributed by atoms with Crippen molar-refractivity contribution in [2.75, 3.05) is 38.2 Å². The number of methoxy groups -OCH3 is 1. The highest BCUT2D eigenvalue weighted by molar-refractivity contribution is 5.51. The molecule has 1 aliphatic carbocycles. The summed E-state index contributed by atoms with van der Waals surface area (Å²) in [6.07, 6.45) is 6.03. The number of aromatic hydroxyl groups is 1. The Morgan fingerprint density at radius 2 is 1.47 bits per heavy atom. The molecule has 0 aromatic heterocycles. The SMILES string of the molecule is CCN(CC)CCc1ccc(CN(CC)c2cccc(OC)c2)cc1.Oc1ccc2c(c1)CCCC2. The van der Waals surface area contributed by atoms with Gasteiger partial charge in [-0.25, -0.2) is 0 Å². The van der Waals surface area contributed by atoms with E-state index in [1.54, 1.807) is 13.2 Å². The fraction of sp³-hybridized carbons (Fsp3) is 0.438. The number of rotatable bonds is 10. The molecule has 0 atom stereocenters. The third kappa shape index (κ3) is 8.30. The molecule has 194 valence electrons. The van der Waals surface area contributed by atoms with Crippen molar-refractivity contribution in [1.82, 2.24) is 4.90 Å². The second kappa shape index (κ2) is 14.5. The lowest BCUT2D eigenvalue weighted by molar-refractivity contribution is 0.308. The van der Waals surface area contributed by atoms with Gasteiger partial charge in [-0.15, -0.1) is 0 Å². The Kier molecular flexibility index (Phi) is 11.2. The molecule has 4 heteroatoms. The quantitative estimate of drug-likeness (QED) is 0.338. The monoisotopic (exact) mass is 488 g/mol. The first-order chi connectivity index (χ1) is 17.6. The second-order valence-electron chi connectivity index (χ2n) is 9.47. The first kappa shape index (κ1) is 27.6. The van der Waals surface area contributed by atoms with Crippen LogP contribution in [-0.2, 0) is 25.8 Å². The summed E-state index contributed by atoms with van der Waals surface area (Å²) in [6, 6.07) is 23.1. The van der Waals surface area contributed by atoms with Gasteiger partial charge in [0.05, 0.1) is 7.11 Å². The van der Waals surface area contributed by atoms with Crippen LogP contribution in [0.15, 0.2) is 66.7 Å². The van der Waals surface area contributed by atoms with Crippen LogP contribution in [0.5, 0.6) is 11.5 Å². The molecule has 0 saturated heterocycles. The second-order valence-corrected chi connectivity index (χ2v) is 9.47. The van der Waals surface area contributed by atoms with Crippen molar-refractivity contribution in [3.8, 4) is 11.5 Å². The van der Waals surface area contributed by atoms with E-state index in [-0.39, 0.29) is 0 Å². The number of hydrogen-bond donors (Lipinski definition) is 1. The van der Waals surface area contributed by atoms with Gasteiger partial charge in [-0.05, 0) is 98.6 Å². The van der Waals surface area contributed by atoms with E-state index in [0.717, 1.165) is 51.3 Å². The molecule has 0 amide bonds. The molecule has 4 rings (SSSR count). The van der Waals surface area contributed by atoms with Crippen LogP contribution in [0.4, 0.5) is 5.69 Å². The summed E-state index contributed by atoms with van der Waals surface area (Å²) in [5.41, 5.74) is 6.73. The minimum Gasteiger partial charge on any atom is -0.508 e. The van der Waals surface area contributed by atoms with E-state index in [0.29, 0.717) is 5.75 Å². The molecule has 3 aromatic rings. The molecule has 36 heavy (non-hydrogen) atoms. The van der Waals surface area contributed by atoms with Gasteiger partial charge in [0, 0.05) is 31.4 Å². The topological polar surface area (TPSA) is 35.9 Å². The van der Waals surface area contributed by atoms with Crippen LogP contribution in [0.3, 0.4) is 0 Å². The summed E-state index contributed by atoms with van der Waals surface area (Å²) in [7, 11) is 1.71. The van der Waals surface area contributed by atoms with Gasteiger partial charge < -0.3 is 19.6 Å². The van der Waals surface area contributed by atoms with Gasteiger partial charge in [0.15, 0.2) is 0 Å². The van der Waals surface area contributed by atoms with Gasteiger partial charge in [-0.3, -0.25) is 0 Å². The Labute approximate surface area is 218 Å². The van der Waals surface area contributed by atoms with Gasteiger partial charge in [0.2, 0.25) is 0 Å². The van der Waals surface area contributed by atoms with E-state index in [1.165, 1.54) is 47.2 Å². The Balaban J connectivity index is 0.000000270. The number of phenolic OH excluding ortho intramolecular Hbond substituents is 1. The lowest BCUT2D eigenvalue weighted by Gasteiger charge is -2.24. The smallest absolute Gasteiger partial charge is 0.120 e. The van der Waals surface area contributed by atoms with Crippen LogP contribution in [0.2, 0.25) is 0 Å². The van der Waals surface area contributed by atoms with Crippen molar-refractivity contribution in [2.24, 2.45) is 0 Å². The number of phenols is 1. The van der Waals surface area contributed by atoms with Crippen molar-refractivity contribution < 1.29 is 9.84 Å². The molecule has 0 bridgehead atoms. The Morgan fingerprint density at radius 3 is 2.14 bits per heavy atom. The fourth-order valence-electron chi connectivity index (χ4n) is 4.77. The highest BCUT2D eigenvalue weighted by Gasteiger charge is 2.09. The molecule has 0 spiro atoms. The normalized spacial score (nSPS) is 12.5. The van der Waals surface area contributed by atoms with E-state index in [1.807, 2.05) is 24.3 Å². The molecule has 4 nitrogen and oxygen atoms in total. The number of ether oxygens (including phenoxy) is 1. The molecule has 0 unspecified atom stereocenters. The van der Waals surface area contributed by atoms with E-state index in [2.05, 4.69) is 67.0 Å². The average molecular weight is 489 g/mol. The van der Waals surface area contributed by atoms with Crippen LogP contribution in [-0.4, -0.2) is 43.3 Å². The zero-order chi connectivity index (χ0) is 25.8. The Hall–Kier alpha value is -2.98. The van der Waals surface area contributed by atoms with Crippen molar-refractivity contribution in [2.45, 2.75) is 59.4 Å². The lowest BCUT2D eigenvalue weighted by Crippen LogP contribution is -2.25. The van der Waals surface area contributed by atoms with E-state index in [4.69, 9.17) is 4.74 Å². The summed E-state index contributed by atoms with van der Waals surface area (Å²) < 4.78 is 5.35. The molecular weight excluding hydrogens is 444 g/mol. The summed E-state index contributed by atoms with van der Waals surface area (Å²) in [4.78, 5) is 4.84.